The lowest BCUT2D eigenvalue weighted by Crippen LogP contribution is -2.48. The molecule has 1 heterocycles. The maximum absolute atomic E-state index is 12.9. The van der Waals surface area contributed by atoms with E-state index in [0.717, 1.165) is 5.69 Å². The van der Waals surface area contributed by atoms with Crippen molar-refractivity contribution < 1.29 is 14.3 Å². The van der Waals surface area contributed by atoms with Gasteiger partial charge in [-0.3, -0.25) is 10.1 Å². The van der Waals surface area contributed by atoms with Crippen molar-refractivity contribution in [3.05, 3.63) is 59.1 Å². The fourth-order valence-electron chi connectivity index (χ4n) is 3.19. The summed E-state index contributed by atoms with van der Waals surface area (Å²) in [6, 6.07) is 14.6. The molecule has 6 nitrogen and oxygen atoms in total. The highest BCUT2D eigenvalue weighted by Crippen LogP contribution is 2.26. The second-order valence-corrected chi connectivity index (χ2v) is 8.35. The second kappa shape index (κ2) is 8.74. The number of carbonyl (C=O) groups is 2. The van der Waals surface area contributed by atoms with Crippen molar-refractivity contribution in [1.29, 1.82) is 0 Å². The van der Waals surface area contributed by atoms with E-state index in [1.165, 1.54) is 0 Å². The number of para-hydroxylation sites is 1. The Kier molecular flexibility index (Phi) is 6.33. The summed E-state index contributed by atoms with van der Waals surface area (Å²) in [5.41, 5.74) is 1.47. The number of rotatable bonds is 3. The number of benzene rings is 2. The Balaban J connectivity index is 1.61. The van der Waals surface area contributed by atoms with Crippen LogP contribution in [0.15, 0.2) is 48.5 Å². The van der Waals surface area contributed by atoms with Crippen molar-refractivity contribution in [3.8, 4) is 0 Å². The third kappa shape index (κ3) is 5.64. The molecule has 0 bridgehead atoms. The van der Waals surface area contributed by atoms with Gasteiger partial charge in [0.25, 0.3) is 5.91 Å². The highest BCUT2D eigenvalue weighted by molar-refractivity contribution is 6.33. The Labute approximate surface area is 176 Å². The Morgan fingerprint density at radius 1 is 1.00 bits per heavy atom. The van der Waals surface area contributed by atoms with Gasteiger partial charge in [-0.2, -0.15) is 0 Å². The van der Waals surface area contributed by atoms with Gasteiger partial charge < -0.3 is 14.5 Å². The molecule has 2 aromatic rings. The molecule has 0 atom stereocenters. The molecule has 3 rings (SSSR count). The summed E-state index contributed by atoms with van der Waals surface area (Å²) in [5.74, 6) is -0.0587. The Bertz CT molecular complexity index is 887. The van der Waals surface area contributed by atoms with Crippen LogP contribution in [0.5, 0.6) is 0 Å². The fourth-order valence-corrected chi connectivity index (χ4v) is 3.45. The summed E-state index contributed by atoms with van der Waals surface area (Å²) in [5, 5.41) is 3.39. The molecule has 0 saturated carbocycles. The van der Waals surface area contributed by atoms with Crippen LogP contribution in [-0.2, 0) is 4.74 Å². The number of nitrogens with one attached hydrogen (secondary N) is 1. The molecule has 0 unspecified atom stereocenters. The minimum Gasteiger partial charge on any atom is -0.444 e. The van der Waals surface area contributed by atoms with Crippen LogP contribution in [0.25, 0.3) is 0 Å². The summed E-state index contributed by atoms with van der Waals surface area (Å²) in [6.45, 7) is 8.04. The van der Waals surface area contributed by atoms with E-state index in [1.807, 2.05) is 29.2 Å². The van der Waals surface area contributed by atoms with Crippen LogP contribution in [0.2, 0.25) is 5.02 Å². The van der Waals surface area contributed by atoms with E-state index < -0.39 is 11.7 Å². The molecule has 2 aromatic carbocycles. The number of hydrogen-bond donors (Lipinski definition) is 1. The van der Waals surface area contributed by atoms with E-state index in [4.69, 9.17) is 16.3 Å². The van der Waals surface area contributed by atoms with Crippen molar-refractivity contribution in [1.82, 2.24) is 4.90 Å². The number of piperazine rings is 1. The molecule has 1 N–H and O–H groups in total. The van der Waals surface area contributed by atoms with Gasteiger partial charge in [0.15, 0.2) is 0 Å². The van der Waals surface area contributed by atoms with Gasteiger partial charge in [0.05, 0.1) is 10.7 Å². The molecule has 1 fully saturated rings. The predicted octanol–water partition coefficient (Wildman–Crippen LogP) is 4.65. The second-order valence-electron chi connectivity index (χ2n) is 7.94. The normalized spacial score (nSPS) is 14.5. The van der Waals surface area contributed by atoms with Crippen LogP contribution >= 0.6 is 11.6 Å². The minimum atomic E-state index is -0.584. The predicted molar refractivity (Wildman–Crippen MR) is 116 cm³/mol. The zero-order valence-corrected chi connectivity index (χ0v) is 17.7. The number of hydrogen-bond acceptors (Lipinski definition) is 4. The molecule has 29 heavy (non-hydrogen) atoms. The van der Waals surface area contributed by atoms with E-state index in [-0.39, 0.29) is 5.91 Å². The van der Waals surface area contributed by atoms with Gasteiger partial charge in [0, 0.05) is 37.4 Å². The van der Waals surface area contributed by atoms with Gasteiger partial charge in [-0.05, 0) is 51.1 Å². The quantitative estimate of drug-likeness (QED) is 0.792. The molecule has 1 aliphatic rings. The number of ether oxygens (including phenoxy) is 1. The molecule has 7 heteroatoms. The lowest BCUT2D eigenvalue weighted by atomic mass is 10.1. The molecule has 1 aliphatic heterocycles. The highest BCUT2D eigenvalue weighted by atomic mass is 35.5. The monoisotopic (exact) mass is 415 g/mol. The average molecular weight is 416 g/mol. The van der Waals surface area contributed by atoms with Gasteiger partial charge in [-0.1, -0.05) is 29.8 Å². The van der Waals surface area contributed by atoms with Gasteiger partial charge in [-0.25, -0.2) is 4.79 Å². The highest BCUT2D eigenvalue weighted by Gasteiger charge is 2.23. The van der Waals surface area contributed by atoms with Crippen LogP contribution in [0.4, 0.5) is 16.2 Å². The molecule has 0 aliphatic carbocycles. The number of anilines is 2. The Morgan fingerprint density at radius 2 is 1.69 bits per heavy atom. The number of halogens is 1. The van der Waals surface area contributed by atoms with Crippen molar-refractivity contribution in [2.24, 2.45) is 0 Å². The summed E-state index contributed by atoms with van der Waals surface area (Å²) < 4.78 is 5.26. The van der Waals surface area contributed by atoms with E-state index in [0.29, 0.717) is 42.5 Å². The SMILES string of the molecule is CC(C)(C)OC(=O)Nc1cccc(C(=O)N2CCN(c3ccccc3Cl)CC2)c1. The largest absolute Gasteiger partial charge is 0.444 e. The lowest BCUT2D eigenvalue weighted by Gasteiger charge is -2.36. The van der Waals surface area contributed by atoms with Crippen molar-refractivity contribution in [2.45, 2.75) is 26.4 Å². The fraction of sp³-hybridized carbons (Fsp3) is 0.364. The molecule has 0 radical (unpaired) electrons. The maximum atomic E-state index is 12.9. The van der Waals surface area contributed by atoms with Crippen molar-refractivity contribution in [3.63, 3.8) is 0 Å². The molecular formula is C22H26ClN3O3. The Hall–Kier alpha value is -2.73. The zero-order chi connectivity index (χ0) is 21.0. The summed E-state index contributed by atoms with van der Waals surface area (Å²) >= 11 is 6.28. The first-order valence-electron chi connectivity index (χ1n) is 9.62. The van der Waals surface area contributed by atoms with E-state index in [9.17, 15) is 9.59 Å². The van der Waals surface area contributed by atoms with Crippen molar-refractivity contribution >= 4 is 35.0 Å². The molecule has 1 saturated heterocycles. The summed E-state index contributed by atoms with van der Waals surface area (Å²) in [4.78, 5) is 28.9. The van der Waals surface area contributed by atoms with Crippen LogP contribution in [-0.4, -0.2) is 48.7 Å². The summed E-state index contributed by atoms with van der Waals surface area (Å²) in [7, 11) is 0. The van der Waals surface area contributed by atoms with E-state index in [2.05, 4.69) is 10.2 Å². The molecule has 0 spiro atoms. The van der Waals surface area contributed by atoms with Crippen LogP contribution in [0, 0.1) is 0 Å². The molecule has 2 amide bonds. The van der Waals surface area contributed by atoms with Gasteiger partial charge in [0.1, 0.15) is 5.60 Å². The third-order valence-electron chi connectivity index (χ3n) is 4.51. The first-order valence-corrected chi connectivity index (χ1v) is 9.99. The number of carbonyl (C=O) groups excluding carboxylic acids is 2. The van der Waals surface area contributed by atoms with Crippen LogP contribution in [0.3, 0.4) is 0 Å². The smallest absolute Gasteiger partial charge is 0.412 e. The first kappa shape index (κ1) is 21.0. The van der Waals surface area contributed by atoms with Crippen LogP contribution in [0.1, 0.15) is 31.1 Å². The number of amides is 2. The topological polar surface area (TPSA) is 61.9 Å². The number of nitrogens with zero attached hydrogens (tertiary/aromatic N) is 2. The van der Waals surface area contributed by atoms with E-state index >= 15 is 0 Å². The minimum absolute atomic E-state index is 0.0587. The van der Waals surface area contributed by atoms with Crippen molar-refractivity contribution in [2.75, 3.05) is 36.4 Å². The lowest BCUT2D eigenvalue weighted by molar-refractivity contribution is 0.0634. The molecule has 0 aromatic heterocycles. The maximum Gasteiger partial charge on any atom is 0.412 e. The van der Waals surface area contributed by atoms with Gasteiger partial charge >= 0.3 is 6.09 Å². The third-order valence-corrected chi connectivity index (χ3v) is 4.83. The van der Waals surface area contributed by atoms with Gasteiger partial charge in [-0.15, -0.1) is 0 Å². The van der Waals surface area contributed by atoms with Gasteiger partial charge in [0.2, 0.25) is 0 Å². The summed E-state index contributed by atoms with van der Waals surface area (Å²) in [6.07, 6.45) is -0.546. The van der Waals surface area contributed by atoms with E-state index in [1.54, 1.807) is 45.0 Å². The first-order chi connectivity index (χ1) is 13.7. The standard InChI is InChI=1S/C22H26ClN3O3/c1-22(2,3)29-21(28)24-17-8-6-7-16(15-17)20(27)26-13-11-25(12-14-26)19-10-5-4-9-18(19)23/h4-10,15H,11-14H2,1-3H3,(H,24,28). The molecular weight excluding hydrogens is 390 g/mol. The average Bonchev–Trinajstić information content (AvgIpc) is 2.67. The van der Waals surface area contributed by atoms with Crippen LogP contribution < -0.4 is 10.2 Å². The molecule has 154 valence electrons. The zero-order valence-electron chi connectivity index (χ0n) is 16.9. The Morgan fingerprint density at radius 3 is 2.34 bits per heavy atom.